The summed E-state index contributed by atoms with van der Waals surface area (Å²) < 4.78 is 5.29. The molecule has 0 aliphatic heterocycles. The van der Waals surface area contributed by atoms with E-state index in [4.69, 9.17) is 10.2 Å². The number of carbonyl (C=O) groups is 1. The highest BCUT2D eigenvalue weighted by Crippen LogP contribution is 2.18. The number of hydrogen-bond acceptors (Lipinski definition) is 6. The van der Waals surface area contributed by atoms with Gasteiger partial charge < -0.3 is 15.1 Å². The number of rotatable bonds is 6. The highest BCUT2D eigenvalue weighted by atomic mass is 32.2. The van der Waals surface area contributed by atoms with E-state index in [1.54, 1.807) is 11.8 Å². The largest absolute Gasteiger partial charge is 0.414 e. The molecule has 0 saturated carbocycles. The summed E-state index contributed by atoms with van der Waals surface area (Å²) in [5.74, 6) is 0.769. The van der Waals surface area contributed by atoms with Crippen molar-refractivity contribution in [3.63, 3.8) is 0 Å². The van der Waals surface area contributed by atoms with Gasteiger partial charge in [-0.2, -0.15) is 0 Å². The van der Waals surface area contributed by atoms with Crippen LogP contribution >= 0.6 is 11.8 Å². The van der Waals surface area contributed by atoms with Gasteiger partial charge >= 0.3 is 0 Å². The van der Waals surface area contributed by atoms with E-state index in [2.05, 4.69) is 10.2 Å². The quantitative estimate of drug-likeness (QED) is 0.768. The van der Waals surface area contributed by atoms with E-state index >= 15 is 0 Å². The summed E-state index contributed by atoms with van der Waals surface area (Å²) in [6.07, 6.45) is 0. The third kappa shape index (κ3) is 4.01. The highest BCUT2D eigenvalue weighted by Gasteiger charge is 2.14. The summed E-state index contributed by atoms with van der Waals surface area (Å²) in [5.41, 5.74) is 5.59. The molecule has 0 radical (unpaired) electrons. The zero-order chi connectivity index (χ0) is 12.8. The van der Waals surface area contributed by atoms with Crippen LogP contribution in [0.25, 0.3) is 0 Å². The summed E-state index contributed by atoms with van der Waals surface area (Å²) in [5, 5.41) is 7.99. The monoisotopic (exact) mass is 258 g/mol. The van der Waals surface area contributed by atoms with Crippen molar-refractivity contribution in [1.82, 2.24) is 15.1 Å². The van der Waals surface area contributed by atoms with Crippen molar-refractivity contribution in [2.45, 2.75) is 32.0 Å². The lowest BCUT2D eigenvalue weighted by atomic mass is 10.4. The van der Waals surface area contributed by atoms with Crippen molar-refractivity contribution < 1.29 is 9.21 Å². The van der Waals surface area contributed by atoms with Crippen LogP contribution in [0.15, 0.2) is 9.64 Å². The molecule has 0 aliphatic carbocycles. The number of thioether (sulfide) groups is 1. The van der Waals surface area contributed by atoms with Gasteiger partial charge in [0.1, 0.15) is 0 Å². The van der Waals surface area contributed by atoms with Crippen molar-refractivity contribution in [3.05, 3.63) is 5.89 Å². The standard InChI is InChI=1S/C10H18N4O2S/c1-4-14(5-2)8(15)6-17-10-13-12-9(16-10)7(3)11/h7H,4-6,11H2,1-3H3. The lowest BCUT2D eigenvalue weighted by Gasteiger charge is -2.17. The SMILES string of the molecule is CCN(CC)C(=O)CSc1nnc(C(C)N)o1. The van der Waals surface area contributed by atoms with Gasteiger partial charge in [-0.25, -0.2) is 0 Å². The second-order valence-corrected chi connectivity index (χ2v) is 4.48. The van der Waals surface area contributed by atoms with Gasteiger partial charge in [0.25, 0.3) is 5.22 Å². The number of nitrogens with zero attached hydrogens (tertiary/aromatic N) is 3. The molecule has 0 fully saturated rings. The van der Waals surface area contributed by atoms with Crippen LogP contribution in [0.4, 0.5) is 0 Å². The molecule has 1 unspecified atom stereocenters. The second kappa shape index (κ2) is 6.61. The first-order valence-corrected chi connectivity index (χ1v) is 6.56. The van der Waals surface area contributed by atoms with Gasteiger partial charge in [0, 0.05) is 13.1 Å². The van der Waals surface area contributed by atoms with Crippen molar-refractivity contribution >= 4 is 17.7 Å². The van der Waals surface area contributed by atoms with Crippen LogP contribution in [0.2, 0.25) is 0 Å². The van der Waals surface area contributed by atoms with Crippen LogP contribution in [0.3, 0.4) is 0 Å². The van der Waals surface area contributed by atoms with Crippen LogP contribution in [0.1, 0.15) is 32.7 Å². The van der Waals surface area contributed by atoms with Gasteiger partial charge in [0.2, 0.25) is 11.8 Å². The van der Waals surface area contributed by atoms with Gasteiger partial charge in [-0.15, -0.1) is 10.2 Å². The maximum atomic E-state index is 11.7. The maximum absolute atomic E-state index is 11.7. The van der Waals surface area contributed by atoms with Crippen molar-refractivity contribution in [1.29, 1.82) is 0 Å². The molecule has 6 nitrogen and oxygen atoms in total. The Morgan fingerprint density at radius 1 is 1.47 bits per heavy atom. The van der Waals surface area contributed by atoms with Crippen LogP contribution in [-0.2, 0) is 4.79 Å². The fraction of sp³-hybridized carbons (Fsp3) is 0.700. The van der Waals surface area contributed by atoms with Gasteiger partial charge in [-0.05, 0) is 20.8 Å². The number of aromatic nitrogens is 2. The first-order valence-electron chi connectivity index (χ1n) is 5.58. The van der Waals surface area contributed by atoms with Crippen LogP contribution in [0.5, 0.6) is 0 Å². The Labute approximate surface area is 105 Å². The minimum absolute atomic E-state index is 0.0700. The molecule has 1 rings (SSSR count). The molecule has 1 aromatic rings. The zero-order valence-corrected chi connectivity index (χ0v) is 11.2. The number of hydrogen-bond donors (Lipinski definition) is 1. The minimum atomic E-state index is -0.282. The van der Waals surface area contributed by atoms with Crippen molar-refractivity contribution in [2.24, 2.45) is 5.73 Å². The Balaban J connectivity index is 2.47. The predicted molar refractivity (Wildman–Crippen MR) is 65.6 cm³/mol. The smallest absolute Gasteiger partial charge is 0.277 e. The molecule has 0 aliphatic rings. The first-order chi connectivity index (χ1) is 8.08. The Kier molecular flexibility index (Phi) is 5.43. The molecule has 96 valence electrons. The van der Waals surface area contributed by atoms with E-state index in [1.165, 1.54) is 11.8 Å². The third-order valence-corrected chi connectivity index (χ3v) is 3.05. The number of nitrogens with two attached hydrogens (primary N) is 1. The van der Waals surface area contributed by atoms with Crippen molar-refractivity contribution in [3.8, 4) is 0 Å². The topological polar surface area (TPSA) is 85.2 Å². The Morgan fingerprint density at radius 3 is 2.59 bits per heavy atom. The average molecular weight is 258 g/mol. The fourth-order valence-electron chi connectivity index (χ4n) is 1.25. The summed E-state index contributed by atoms with van der Waals surface area (Å²) in [6, 6.07) is -0.282. The molecule has 0 aromatic carbocycles. The average Bonchev–Trinajstić information content (AvgIpc) is 2.76. The first kappa shape index (κ1) is 14.0. The third-order valence-electron chi connectivity index (χ3n) is 2.25. The summed E-state index contributed by atoms with van der Waals surface area (Å²) >= 11 is 1.24. The van der Waals surface area contributed by atoms with Gasteiger partial charge in [0.15, 0.2) is 0 Å². The van der Waals surface area contributed by atoms with Crippen molar-refractivity contribution in [2.75, 3.05) is 18.8 Å². The molecule has 7 heteroatoms. The number of amides is 1. The maximum Gasteiger partial charge on any atom is 0.277 e. The van der Waals surface area contributed by atoms with Crippen LogP contribution < -0.4 is 5.73 Å². The van der Waals surface area contributed by atoms with E-state index in [-0.39, 0.29) is 11.9 Å². The lowest BCUT2D eigenvalue weighted by Crippen LogP contribution is -2.31. The van der Waals surface area contributed by atoms with Crippen LogP contribution in [-0.4, -0.2) is 39.8 Å². The summed E-state index contributed by atoms with van der Waals surface area (Å²) in [7, 11) is 0. The normalized spacial score (nSPS) is 12.5. The summed E-state index contributed by atoms with van der Waals surface area (Å²) in [4.78, 5) is 13.5. The van der Waals surface area contributed by atoms with E-state index in [0.29, 0.717) is 30.0 Å². The molecular weight excluding hydrogens is 240 g/mol. The molecule has 1 atom stereocenters. The van der Waals surface area contributed by atoms with E-state index in [1.807, 2.05) is 13.8 Å². The van der Waals surface area contributed by atoms with E-state index in [0.717, 1.165) is 0 Å². The zero-order valence-electron chi connectivity index (χ0n) is 10.3. The summed E-state index contributed by atoms with van der Waals surface area (Å²) in [6.45, 7) is 7.10. The highest BCUT2D eigenvalue weighted by molar-refractivity contribution is 7.99. The Hall–Kier alpha value is -1.08. The Bertz CT molecular complexity index is 363. The molecule has 1 heterocycles. The number of carbonyl (C=O) groups excluding carboxylic acids is 1. The molecule has 17 heavy (non-hydrogen) atoms. The molecule has 1 amide bonds. The van der Waals surface area contributed by atoms with Gasteiger partial charge in [-0.3, -0.25) is 4.79 Å². The van der Waals surface area contributed by atoms with Crippen LogP contribution in [0, 0.1) is 0 Å². The fourth-order valence-corrected chi connectivity index (χ4v) is 1.93. The second-order valence-electron chi connectivity index (χ2n) is 3.55. The lowest BCUT2D eigenvalue weighted by molar-refractivity contribution is -0.127. The molecule has 0 spiro atoms. The van der Waals surface area contributed by atoms with E-state index < -0.39 is 0 Å². The van der Waals surface area contributed by atoms with Gasteiger partial charge in [0.05, 0.1) is 11.8 Å². The molecule has 1 aromatic heterocycles. The van der Waals surface area contributed by atoms with Gasteiger partial charge in [-0.1, -0.05) is 11.8 Å². The minimum Gasteiger partial charge on any atom is -0.414 e. The Morgan fingerprint density at radius 2 is 2.12 bits per heavy atom. The molecule has 0 bridgehead atoms. The van der Waals surface area contributed by atoms with E-state index in [9.17, 15) is 4.79 Å². The molecular formula is C10H18N4O2S. The molecule has 2 N–H and O–H groups in total. The molecule has 0 saturated heterocycles. The predicted octanol–water partition coefficient (Wildman–Crippen LogP) is 1.05.